The third-order valence-corrected chi connectivity index (χ3v) is 4.97. The summed E-state index contributed by atoms with van der Waals surface area (Å²) in [5.41, 5.74) is 3.61. The molecular formula is C19H23N5O. The average Bonchev–Trinajstić information content (AvgIpc) is 3.06. The van der Waals surface area contributed by atoms with Gasteiger partial charge in [-0.2, -0.15) is 5.10 Å². The van der Waals surface area contributed by atoms with Crippen LogP contribution in [0.4, 0.5) is 0 Å². The molecule has 0 spiro atoms. The maximum atomic E-state index is 5.24. The van der Waals surface area contributed by atoms with Crippen molar-refractivity contribution >= 4 is 0 Å². The summed E-state index contributed by atoms with van der Waals surface area (Å²) in [4.78, 5) is 8.74. The van der Waals surface area contributed by atoms with Crippen molar-refractivity contribution in [3.05, 3.63) is 48.2 Å². The van der Waals surface area contributed by atoms with Crippen LogP contribution in [0, 0.1) is 19.3 Å². The summed E-state index contributed by atoms with van der Waals surface area (Å²) in [7, 11) is 1.63. The molecule has 1 aliphatic carbocycles. The molecule has 0 N–H and O–H groups in total. The second kappa shape index (κ2) is 6.02. The summed E-state index contributed by atoms with van der Waals surface area (Å²) < 4.78 is 9.63. The fourth-order valence-corrected chi connectivity index (χ4v) is 3.41. The van der Waals surface area contributed by atoms with Crippen LogP contribution < -0.4 is 4.74 Å². The predicted molar refractivity (Wildman–Crippen MR) is 95.4 cm³/mol. The molecule has 0 radical (unpaired) electrons. The average molecular weight is 337 g/mol. The van der Waals surface area contributed by atoms with Gasteiger partial charge in [-0.3, -0.25) is 4.68 Å². The van der Waals surface area contributed by atoms with Gasteiger partial charge >= 0.3 is 0 Å². The molecule has 3 aromatic heterocycles. The number of ether oxygens (including phenoxy) is 1. The molecule has 3 heterocycles. The van der Waals surface area contributed by atoms with Crippen molar-refractivity contribution in [1.29, 1.82) is 0 Å². The molecule has 0 saturated heterocycles. The van der Waals surface area contributed by atoms with Gasteiger partial charge in [-0.15, -0.1) is 0 Å². The monoisotopic (exact) mass is 337 g/mol. The lowest BCUT2D eigenvalue weighted by Crippen LogP contribution is -2.20. The third kappa shape index (κ3) is 3.16. The van der Waals surface area contributed by atoms with Gasteiger partial charge in [-0.05, 0) is 38.8 Å². The van der Waals surface area contributed by atoms with Crippen LogP contribution in [0.5, 0.6) is 5.88 Å². The highest BCUT2D eigenvalue weighted by atomic mass is 16.5. The van der Waals surface area contributed by atoms with E-state index in [1.165, 1.54) is 18.5 Å². The molecule has 0 aromatic carbocycles. The quantitative estimate of drug-likeness (QED) is 0.693. The van der Waals surface area contributed by atoms with E-state index in [2.05, 4.69) is 43.5 Å². The van der Waals surface area contributed by atoms with Gasteiger partial charge in [0.05, 0.1) is 12.8 Å². The Labute approximate surface area is 147 Å². The summed E-state index contributed by atoms with van der Waals surface area (Å²) in [5, 5.41) is 4.63. The molecule has 1 saturated carbocycles. The van der Waals surface area contributed by atoms with Crippen molar-refractivity contribution in [2.75, 3.05) is 7.11 Å². The maximum Gasteiger partial charge on any atom is 0.213 e. The number of hydrogen-bond donors (Lipinski definition) is 0. The number of hydrogen-bond acceptors (Lipinski definition) is 4. The van der Waals surface area contributed by atoms with E-state index in [9.17, 15) is 0 Å². The number of pyridine rings is 1. The maximum absolute atomic E-state index is 5.24. The van der Waals surface area contributed by atoms with Crippen molar-refractivity contribution in [3.8, 4) is 17.3 Å². The molecule has 0 aliphatic heterocycles. The molecule has 130 valence electrons. The standard InChI is InChI=1S/C19H23N5O/c1-14-10-15(2)24(22-14)13-19(5-6-19)12-23-9-8-21-18(23)16-4-7-20-17(11-16)25-3/h4,7-11H,5-6,12-13H2,1-3H3. The summed E-state index contributed by atoms with van der Waals surface area (Å²) in [6, 6.07) is 6.04. The largest absolute Gasteiger partial charge is 0.481 e. The Morgan fingerprint density at radius 3 is 2.64 bits per heavy atom. The third-order valence-electron chi connectivity index (χ3n) is 4.97. The van der Waals surface area contributed by atoms with Gasteiger partial charge in [0.25, 0.3) is 0 Å². The Kier molecular flexibility index (Phi) is 3.82. The highest BCUT2D eigenvalue weighted by Crippen LogP contribution is 2.49. The highest BCUT2D eigenvalue weighted by molar-refractivity contribution is 5.56. The van der Waals surface area contributed by atoms with E-state index in [0.29, 0.717) is 5.88 Å². The first-order valence-electron chi connectivity index (χ1n) is 8.61. The zero-order chi connectivity index (χ0) is 17.4. The number of aromatic nitrogens is 5. The smallest absolute Gasteiger partial charge is 0.213 e. The molecule has 6 heteroatoms. The molecule has 25 heavy (non-hydrogen) atoms. The first kappa shape index (κ1) is 15.9. The molecule has 0 amide bonds. The summed E-state index contributed by atoms with van der Waals surface area (Å²) in [6.07, 6.45) is 8.13. The van der Waals surface area contributed by atoms with E-state index in [4.69, 9.17) is 4.74 Å². The molecule has 4 rings (SSSR count). The highest BCUT2D eigenvalue weighted by Gasteiger charge is 2.44. The van der Waals surface area contributed by atoms with Crippen molar-refractivity contribution in [2.45, 2.75) is 39.8 Å². The zero-order valence-corrected chi connectivity index (χ0v) is 14.9. The zero-order valence-electron chi connectivity index (χ0n) is 14.9. The Hall–Kier alpha value is -2.63. The van der Waals surface area contributed by atoms with E-state index >= 15 is 0 Å². The number of imidazole rings is 1. The van der Waals surface area contributed by atoms with Crippen molar-refractivity contribution in [1.82, 2.24) is 24.3 Å². The Morgan fingerprint density at radius 2 is 1.96 bits per heavy atom. The van der Waals surface area contributed by atoms with E-state index in [1.807, 2.05) is 25.3 Å². The molecule has 0 bridgehead atoms. The SMILES string of the molecule is COc1cc(-c2nccn2CC2(Cn3nc(C)cc3C)CC2)ccn1. The fourth-order valence-electron chi connectivity index (χ4n) is 3.41. The van der Waals surface area contributed by atoms with Crippen LogP contribution in [-0.4, -0.2) is 31.4 Å². The molecule has 3 aromatic rings. The number of rotatable bonds is 6. The van der Waals surface area contributed by atoms with Crippen LogP contribution in [0.2, 0.25) is 0 Å². The van der Waals surface area contributed by atoms with E-state index in [-0.39, 0.29) is 5.41 Å². The topological polar surface area (TPSA) is 57.8 Å². The second-order valence-electron chi connectivity index (χ2n) is 7.05. The minimum atomic E-state index is 0.274. The van der Waals surface area contributed by atoms with E-state index < -0.39 is 0 Å². The summed E-state index contributed by atoms with van der Waals surface area (Å²) >= 11 is 0. The number of aryl methyl sites for hydroxylation is 2. The first-order valence-corrected chi connectivity index (χ1v) is 8.61. The Balaban J connectivity index is 1.57. The molecular weight excluding hydrogens is 314 g/mol. The lowest BCUT2D eigenvalue weighted by Gasteiger charge is -2.19. The Bertz CT molecular complexity index is 891. The summed E-state index contributed by atoms with van der Waals surface area (Å²) in [5.74, 6) is 1.57. The van der Waals surface area contributed by atoms with Gasteiger partial charge in [-0.1, -0.05) is 0 Å². The number of methoxy groups -OCH3 is 1. The van der Waals surface area contributed by atoms with Crippen molar-refractivity contribution in [2.24, 2.45) is 5.41 Å². The van der Waals surface area contributed by atoms with Crippen LogP contribution >= 0.6 is 0 Å². The fraction of sp³-hybridized carbons (Fsp3) is 0.421. The molecule has 1 fully saturated rings. The minimum Gasteiger partial charge on any atom is -0.481 e. The Morgan fingerprint density at radius 1 is 1.12 bits per heavy atom. The van der Waals surface area contributed by atoms with Crippen molar-refractivity contribution in [3.63, 3.8) is 0 Å². The van der Waals surface area contributed by atoms with Crippen LogP contribution in [0.1, 0.15) is 24.2 Å². The number of nitrogens with zero attached hydrogens (tertiary/aromatic N) is 5. The second-order valence-corrected chi connectivity index (χ2v) is 7.05. The normalized spacial score (nSPS) is 15.3. The molecule has 6 nitrogen and oxygen atoms in total. The van der Waals surface area contributed by atoms with Crippen LogP contribution in [0.25, 0.3) is 11.4 Å². The van der Waals surface area contributed by atoms with Crippen LogP contribution in [0.15, 0.2) is 36.8 Å². The summed E-state index contributed by atoms with van der Waals surface area (Å²) in [6.45, 7) is 6.09. The first-order chi connectivity index (χ1) is 12.1. The predicted octanol–water partition coefficient (Wildman–Crippen LogP) is 3.25. The molecule has 0 unspecified atom stereocenters. The molecule has 0 atom stereocenters. The minimum absolute atomic E-state index is 0.274. The van der Waals surface area contributed by atoms with Gasteiger partial charge in [-0.25, -0.2) is 9.97 Å². The van der Waals surface area contributed by atoms with Crippen LogP contribution in [0.3, 0.4) is 0 Å². The van der Waals surface area contributed by atoms with Gasteiger partial charge in [0, 0.05) is 54.4 Å². The van der Waals surface area contributed by atoms with Crippen molar-refractivity contribution < 1.29 is 4.74 Å². The van der Waals surface area contributed by atoms with Gasteiger partial charge in [0.2, 0.25) is 5.88 Å². The lowest BCUT2D eigenvalue weighted by atomic mass is 10.1. The van der Waals surface area contributed by atoms with Gasteiger partial charge in [0.1, 0.15) is 5.82 Å². The molecule has 1 aliphatic rings. The van der Waals surface area contributed by atoms with E-state index in [0.717, 1.165) is 30.2 Å². The van der Waals surface area contributed by atoms with E-state index in [1.54, 1.807) is 13.3 Å². The van der Waals surface area contributed by atoms with Crippen LogP contribution in [-0.2, 0) is 13.1 Å². The lowest BCUT2D eigenvalue weighted by molar-refractivity contribution is 0.342. The van der Waals surface area contributed by atoms with Gasteiger partial charge in [0.15, 0.2) is 0 Å². The van der Waals surface area contributed by atoms with Gasteiger partial charge < -0.3 is 9.30 Å².